The van der Waals surface area contributed by atoms with E-state index in [1.54, 1.807) is 6.07 Å². The fourth-order valence-corrected chi connectivity index (χ4v) is 5.07. The van der Waals surface area contributed by atoms with E-state index >= 15 is 0 Å². The molecule has 0 spiro atoms. The number of Topliss-reactive ketones (excluding diaryl/α,β-unsaturated/α-hetero) is 1. The lowest BCUT2D eigenvalue weighted by Gasteiger charge is -2.42. The predicted octanol–water partition coefficient (Wildman–Crippen LogP) is -0.0626. The van der Waals surface area contributed by atoms with Gasteiger partial charge in [0, 0.05) is 12.8 Å². The van der Waals surface area contributed by atoms with E-state index in [9.17, 15) is 27.9 Å². The molecule has 2 aromatic carbocycles. The Kier molecular flexibility index (Phi) is 7.62. The van der Waals surface area contributed by atoms with Crippen LogP contribution in [0.1, 0.15) is 24.0 Å². The topological polar surface area (TPSA) is 196 Å². The molecule has 0 aromatic heterocycles. The number of carbonyl (C=O) groups is 3. The van der Waals surface area contributed by atoms with Crippen molar-refractivity contribution >= 4 is 34.1 Å². The van der Waals surface area contributed by atoms with Crippen molar-refractivity contribution in [1.29, 1.82) is 0 Å². The van der Waals surface area contributed by atoms with Gasteiger partial charge in [-0.05, 0) is 23.3 Å². The Bertz CT molecular complexity index is 1120. The molecule has 0 aliphatic heterocycles. The van der Waals surface area contributed by atoms with Crippen LogP contribution in [0, 0.1) is 0 Å². The van der Waals surface area contributed by atoms with Gasteiger partial charge in [-0.3, -0.25) is 4.79 Å². The maximum absolute atomic E-state index is 13.2. The molecule has 170 valence electrons. The van der Waals surface area contributed by atoms with Crippen molar-refractivity contribution in [1.82, 2.24) is 0 Å². The van der Waals surface area contributed by atoms with E-state index in [1.807, 2.05) is 0 Å². The molecule has 2 unspecified atom stereocenters. The summed E-state index contributed by atoms with van der Waals surface area (Å²) in [5, 5.41) is 13.3. The molecule has 32 heavy (non-hydrogen) atoms. The molecule has 0 fully saturated rings. The van der Waals surface area contributed by atoms with E-state index in [1.165, 1.54) is 54.7 Å². The first-order valence-electron chi connectivity index (χ1n) is 9.42. The fourth-order valence-electron chi connectivity index (χ4n) is 3.33. The molecule has 11 heteroatoms. The summed E-state index contributed by atoms with van der Waals surface area (Å²) in [6, 6.07) is 12.9. The molecule has 7 N–H and O–H groups in total. The van der Waals surface area contributed by atoms with E-state index in [-0.39, 0.29) is 16.9 Å². The second kappa shape index (κ2) is 9.81. The lowest BCUT2D eigenvalue weighted by molar-refractivity contribution is -0.152. The number of nitrogens with zero attached hydrogens (tertiary/aromatic N) is 1. The van der Waals surface area contributed by atoms with Gasteiger partial charge < -0.3 is 27.2 Å². The minimum Gasteiger partial charge on any atom is -0.479 e. The number of rotatable bonds is 11. The first kappa shape index (κ1) is 24.9. The van der Waals surface area contributed by atoms with Gasteiger partial charge in [-0.15, -0.1) is 0 Å². The highest BCUT2D eigenvalue weighted by Crippen LogP contribution is 2.35. The number of sulfone groups is 1. The minimum atomic E-state index is -4.19. The van der Waals surface area contributed by atoms with Crippen LogP contribution in [0.25, 0.3) is 0 Å². The largest absolute Gasteiger partial charge is 0.479 e. The van der Waals surface area contributed by atoms with Crippen LogP contribution in [-0.2, 0) is 29.8 Å². The van der Waals surface area contributed by atoms with Crippen molar-refractivity contribution in [2.45, 2.75) is 28.8 Å². The second-order valence-electron chi connectivity index (χ2n) is 7.19. The van der Waals surface area contributed by atoms with Gasteiger partial charge in [0.25, 0.3) is 0 Å². The number of nitrogens with two attached hydrogens (primary N) is 3. The van der Waals surface area contributed by atoms with Gasteiger partial charge in [-0.1, -0.05) is 42.5 Å². The average molecular weight is 461 g/mol. The molecule has 2 atom stereocenters. The molecule has 10 nitrogen and oxygen atoms in total. The Balaban J connectivity index is 2.73. The van der Waals surface area contributed by atoms with Crippen molar-refractivity contribution < 1.29 is 27.9 Å². The van der Waals surface area contributed by atoms with E-state index in [0.717, 1.165) is 0 Å². The minimum absolute atomic E-state index is 0.00414. The van der Waals surface area contributed by atoms with E-state index in [0.29, 0.717) is 11.8 Å². The number of hydrogen-bond donors (Lipinski definition) is 4. The van der Waals surface area contributed by atoms with E-state index < -0.39 is 44.8 Å². The molecular formula is C21H24N4O6S. The Labute approximate surface area is 185 Å². The van der Waals surface area contributed by atoms with E-state index in [2.05, 4.69) is 5.10 Å². The molecule has 0 amide bonds. The number of hydrogen-bond acceptors (Lipinski definition) is 9. The number of ketones is 1. The highest BCUT2D eigenvalue weighted by Gasteiger charge is 2.59. The van der Waals surface area contributed by atoms with Crippen LogP contribution in [0.5, 0.6) is 0 Å². The van der Waals surface area contributed by atoms with Crippen molar-refractivity contribution in [2.24, 2.45) is 22.4 Å². The number of carboxylic acid groups (broad SMARTS) is 1. The number of hydrazone groups is 1. The number of benzene rings is 2. The maximum atomic E-state index is 13.2. The van der Waals surface area contributed by atoms with Gasteiger partial charge in [-0.2, -0.15) is 5.10 Å². The molecule has 0 heterocycles. The fraction of sp³-hybridized carbons (Fsp3) is 0.238. The van der Waals surface area contributed by atoms with Crippen LogP contribution in [0.4, 0.5) is 0 Å². The van der Waals surface area contributed by atoms with Crippen LogP contribution >= 0.6 is 0 Å². The smallest absolute Gasteiger partial charge is 0.333 e. The van der Waals surface area contributed by atoms with Crippen LogP contribution in [0.3, 0.4) is 0 Å². The quantitative estimate of drug-likeness (QED) is 0.117. The Morgan fingerprint density at radius 2 is 1.62 bits per heavy atom. The molecule has 0 bridgehead atoms. The lowest BCUT2D eigenvalue weighted by atomic mass is 9.70. The van der Waals surface area contributed by atoms with Gasteiger partial charge >= 0.3 is 5.97 Å². The van der Waals surface area contributed by atoms with Gasteiger partial charge in [0.15, 0.2) is 21.2 Å². The van der Waals surface area contributed by atoms with Crippen LogP contribution < -0.4 is 17.3 Å². The Morgan fingerprint density at radius 1 is 1.03 bits per heavy atom. The molecule has 0 radical (unpaired) electrons. The molecule has 0 aliphatic rings. The molecule has 0 saturated heterocycles. The predicted molar refractivity (Wildman–Crippen MR) is 117 cm³/mol. The zero-order chi connectivity index (χ0) is 24.0. The van der Waals surface area contributed by atoms with Crippen molar-refractivity contribution in [3.8, 4) is 0 Å². The SMILES string of the molecule is NN=Cc1ccc(C(N)(CS(=O)(=O)c2ccccc2)C(N)(C(=O)O)C(=O)CCC=O)cc1. The average Bonchev–Trinajstić information content (AvgIpc) is 2.77. The monoisotopic (exact) mass is 460 g/mol. The van der Waals surface area contributed by atoms with Gasteiger partial charge in [0.1, 0.15) is 6.29 Å². The number of aliphatic carboxylic acids is 1. The summed E-state index contributed by atoms with van der Waals surface area (Å²) < 4.78 is 26.3. The van der Waals surface area contributed by atoms with Crippen molar-refractivity contribution in [2.75, 3.05) is 5.75 Å². The summed E-state index contributed by atoms with van der Waals surface area (Å²) in [5.74, 6) is 1.25. The van der Waals surface area contributed by atoms with Crippen LogP contribution in [-0.4, -0.2) is 49.1 Å². The number of carboxylic acids is 1. The third-order valence-electron chi connectivity index (χ3n) is 5.14. The molecule has 0 saturated carbocycles. The highest BCUT2D eigenvalue weighted by atomic mass is 32.2. The first-order valence-corrected chi connectivity index (χ1v) is 11.1. The zero-order valence-electron chi connectivity index (χ0n) is 17.0. The van der Waals surface area contributed by atoms with Gasteiger partial charge in [-0.25, -0.2) is 13.2 Å². The molecule has 0 aliphatic carbocycles. The standard InChI is InChI=1S/C21H24N4O6S/c22-20(16-10-8-15(9-11-16)13-25-24,14-32(30,31)17-5-2-1-3-6-17)21(23,19(28)29)18(27)7-4-12-26/h1-3,5-6,8-13H,4,7,14,22-24H2,(H,28,29). The summed E-state index contributed by atoms with van der Waals surface area (Å²) in [7, 11) is -4.19. The molecule has 2 rings (SSSR count). The normalized spacial score (nSPS) is 15.6. The summed E-state index contributed by atoms with van der Waals surface area (Å²) in [6.45, 7) is 0. The summed E-state index contributed by atoms with van der Waals surface area (Å²) in [4.78, 5) is 35.8. The summed E-state index contributed by atoms with van der Waals surface area (Å²) in [6.07, 6.45) is 0.928. The Hall–Kier alpha value is -3.41. The number of carbonyl (C=O) groups excluding carboxylic acids is 2. The van der Waals surface area contributed by atoms with E-state index in [4.69, 9.17) is 17.3 Å². The number of aldehydes is 1. The third-order valence-corrected chi connectivity index (χ3v) is 6.97. The first-order chi connectivity index (χ1) is 15.0. The molecule has 2 aromatic rings. The van der Waals surface area contributed by atoms with Crippen molar-refractivity contribution in [3.63, 3.8) is 0 Å². The van der Waals surface area contributed by atoms with Crippen LogP contribution in [0.2, 0.25) is 0 Å². The Morgan fingerprint density at radius 3 is 2.12 bits per heavy atom. The summed E-state index contributed by atoms with van der Waals surface area (Å²) in [5.41, 5.74) is 7.87. The third kappa shape index (κ3) is 4.74. The highest BCUT2D eigenvalue weighted by molar-refractivity contribution is 7.91. The summed E-state index contributed by atoms with van der Waals surface area (Å²) >= 11 is 0. The zero-order valence-corrected chi connectivity index (χ0v) is 17.9. The second-order valence-corrected chi connectivity index (χ2v) is 9.17. The molecular weight excluding hydrogens is 436 g/mol. The maximum Gasteiger partial charge on any atom is 0.333 e. The van der Waals surface area contributed by atoms with Crippen molar-refractivity contribution in [3.05, 3.63) is 65.7 Å². The van der Waals surface area contributed by atoms with Gasteiger partial charge in [0.05, 0.1) is 22.4 Å². The lowest BCUT2D eigenvalue weighted by Crippen LogP contribution is -2.74. The van der Waals surface area contributed by atoms with Gasteiger partial charge in [0.2, 0.25) is 0 Å². The van der Waals surface area contributed by atoms with Crippen LogP contribution in [0.15, 0.2) is 64.6 Å².